The summed E-state index contributed by atoms with van der Waals surface area (Å²) in [5.41, 5.74) is 2.47. The van der Waals surface area contributed by atoms with E-state index in [1.165, 1.54) is 23.5 Å². The van der Waals surface area contributed by atoms with Gasteiger partial charge in [-0.25, -0.2) is 4.98 Å². The van der Waals surface area contributed by atoms with E-state index in [0.29, 0.717) is 11.4 Å². The fourth-order valence-corrected chi connectivity index (χ4v) is 6.71. The molecule has 0 aliphatic heterocycles. The van der Waals surface area contributed by atoms with E-state index in [1.807, 2.05) is 24.3 Å². The van der Waals surface area contributed by atoms with Crippen molar-refractivity contribution in [2.24, 2.45) is 23.7 Å². The van der Waals surface area contributed by atoms with Crippen molar-refractivity contribution in [2.75, 3.05) is 5.32 Å². The number of amides is 1. The maximum atomic E-state index is 12.9. The topological polar surface area (TPSA) is 122 Å². The van der Waals surface area contributed by atoms with Crippen LogP contribution in [0.4, 0.5) is 11.4 Å². The van der Waals surface area contributed by atoms with E-state index >= 15 is 0 Å². The molecule has 5 rings (SSSR count). The van der Waals surface area contributed by atoms with Crippen molar-refractivity contribution in [1.29, 1.82) is 0 Å². The van der Waals surface area contributed by atoms with Crippen molar-refractivity contribution in [2.45, 2.75) is 16.5 Å². The average Bonchev–Trinajstić information content (AvgIpc) is 3.51. The van der Waals surface area contributed by atoms with Crippen LogP contribution in [0.5, 0.6) is 0 Å². The number of aliphatic carboxylic acids is 1. The van der Waals surface area contributed by atoms with Gasteiger partial charge in [-0.3, -0.25) is 19.7 Å². The number of carbonyl (C=O) groups is 2. The minimum Gasteiger partial charge on any atom is -0.481 e. The lowest BCUT2D eigenvalue weighted by atomic mass is 9.82. The summed E-state index contributed by atoms with van der Waals surface area (Å²) >= 11 is 3.05. The van der Waals surface area contributed by atoms with Gasteiger partial charge >= 0.3 is 5.97 Å². The van der Waals surface area contributed by atoms with Crippen LogP contribution >= 0.6 is 23.1 Å². The second-order valence-electron chi connectivity index (χ2n) is 8.20. The molecule has 3 aromatic rings. The van der Waals surface area contributed by atoms with Crippen molar-refractivity contribution in [3.8, 4) is 0 Å². The first-order valence-corrected chi connectivity index (χ1v) is 12.2. The number of thiazole rings is 1. The third-order valence-electron chi connectivity index (χ3n) is 6.19. The van der Waals surface area contributed by atoms with Crippen molar-refractivity contribution >= 4 is 56.6 Å². The molecule has 0 saturated heterocycles. The maximum Gasteiger partial charge on any atom is 0.307 e. The van der Waals surface area contributed by atoms with Gasteiger partial charge in [0.2, 0.25) is 5.91 Å². The minimum absolute atomic E-state index is 0.0225. The molecule has 0 radical (unpaired) electrons. The molecule has 2 aromatic carbocycles. The van der Waals surface area contributed by atoms with Crippen LogP contribution in [0, 0.1) is 33.8 Å². The van der Waals surface area contributed by atoms with E-state index in [9.17, 15) is 24.8 Å². The van der Waals surface area contributed by atoms with E-state index < -0.39 is 22.7 Å². The summed E-state index contributed by atoms with van der Waals surface area (Å²) in [7, 11) is 0. The molecule has 2 N–H and O–H groups in total. The molecule has 1 fully saturated rings. The third-order valence-corrected chi connectivity index (χ3v) is 8.43. The number of fused-ring (bicyclic) bond motifs is 3. The lowest BCUT2D eigenvalue weighted by Gasteiger charge is -2.23. The maximum absolute atomic E-state index is 12.9. The molecular formula is C23H19N3O5S2. The van der Waals surface area contributed by atoms with Gasteiger partial charge in [0.15, 0.2) is 4.34 Å². The quantitative estimate of drug-likeness (QED) is 0.212. The first kappa shape index (κ1) is 21.6. The predicted molar refractivity (Wildman–Crippen MR) is 126 cm³/mol. The van der Waals surface area contributed by atoms with Gasteiger partial charge < -0.3 is 10.4 Å². The van der Waals surface area contributed by atoms with Gasteiger partial charge in [0.05, 0.1) is 27.0 Å². The Morgan fingerprint density at radius 1 is 1.15 bits per heavy atom. The first-order chi connectivity index (χ1) is 15.9. The Balaban J connectivity index is 1.26. The number of thioether (sulfide) groups is 1. The molecule has 1 aromatic heterocycles. The van der Waals surface area contributed by atoms with Gasteiger partial charge in [-0.1, -0.05) is 36.0 Å². The number of hydrogen-bond acceptors (Lipinski definition) is 7. The zero-order valence-corrected chi connectivity index (χ0v) is 18.8. The smallest absolute Gasteiger partial charge is 0.307 e. The molecule has 4 atom stereocenters. The largest absolute Gasteiger partial charge is 0.481 e. The van der Waals surface area contributed by atoms with E-state index in [4.69, 9.17) is 0 Å². The molecule has 1 amide bonds. The van der Waals surface area contributed by atoms with Crippen LogP contribution < -0.4 is 5.32 Å². The highest BCUT2D eigenvalue weighted by atomic mass is 32.2. The number of nitro benzene ring substituents is 1. The fraction of sp³-hybridized carbons (Fsp3) is 0.261. The molecule has 10 heteroatoms. The Kier molecular flexibility index (Phi) is 5.63. The molecule has 1 heterocycles. The van der Waals surface area contributed by atoms with Crippen LogP contribution in [0.1, 0.15) is 12.0 Å². The predicted octanol–water partition coefficient (Wildman–Crippen LogP) is 4.96. The second-order valence-corrected chi connectivity index (χ2v) is 10.5. The van der Waals surface area contributed by atoms with Crippen LogP contribution in [0.3, 0.4) is 0 Å². The first-order valence-electron chi connectivity index (χ1n) is 10.4. The Morgan fingerprint density at radius 3 is 2.58 bits per heavy atom. The number of non-ortho nitro benzene ring substituents is 1. The van der Waals surface area contributed by atoms with Crippen LogP contribution in [0.2, 0.25) is 0 Å². The molecule has 0 unspecified atom stereocenters. The van der Waals surface area contributed by atoms with Gasteiger partial charge in [-0.05, 0) is 42.0 Å². The molecule has 0 spiro atoms. The summed E-state index contributed by atoms with van der Waals surface area (Å²) in [5, 5.41) is 23.3. The van der Waals surface area contributed by atoms with Crippen molar-refractivity contribution < 1.29 is 19.6 Å². The number of hydrogen-bond donors (Lipinski definition) is 2. The van der Waals surface area contributed by atoms with E-state index in [-0.39, 0.29) is 23.4 Å². The molecular weight excluding hydrogens is 462 g/mol. The number of carbonyl (C=O) groups excluding carboxylic acids is 1. The number of rotatable bonds is 7. The highest BCUT2D eigenvalue weighted by molar-refractivity contribution is 8.00. The van der Waals surface area contributed by atoms with Gasteiger partial charge in [0.25, 0.3) is 5.69 Å². The highest BCUT2D eigenvalue weighted by Gasteiger charge is 2.51. The van der Waals surface area contributed by atoms with Gasteiger partial charge in [0.1, 0.15) is 0 Å². The number of nitro groups is 1. The molecule has 168 valence electrons. The van der Waals surface area contributed by atoms with Gasteiger partial charge in [-0.15, -0.1) is 11.3 Å². The van der Waals surface area contributed by atoms with Crippen LogP contribution in [0.15, 0.2) is 59.0 Å². The SMILES string of the molecule is O=C(O)[C@H]1[C@H](C(=O)Nc2ccc3nc(SCc4ccc([N+](=O)[O-])cc4)sc3c2)[C@H]2C=C[C@H]1C2. The van der Waals surface area contributed by atoms with Crippen molar-refractivity contribution in [3.63, 3.8) is 0 Å². The van der Waals surface area contributed by atoms with Crippen LogP contribution in [0.25, 0.3) is 10.2 Å². The minimum atomic E-state index is -0.917. The summed E-state index contributed by atoms with van der Waals surface area (Å²) in [6.07, 6.45) is 4.61. The molecule has 2 aliphatic carbocycles. The Labute approximate surface area is 196 Å². The van der Waals surface area contributed by atoms with Gasteiger partial charge in [0, 0.05) is 23.6 Å². The van der Waals surface area contributed by atoms with E-state index in [1.54, 1.807) is 30.0 Å². The summed E-state index contributed by atoms with van der Waals surface area (Å²) in [4.78, 5) is 39.6. The Morgan fingerprint density at radius 2 is 1.88 bits per heavy atom. The van der Waals surface area contributed by atoms with Crippen LogP contribution in [-0.2, 0) is 15.3 Å². The molecule has 2 bridgehead atoms. The van der Waals surface area contributed by atoms with Crippen molar-refractivity contribution in [3.05, 3.63) is 70.3 Å². The van der Waals surface area contributed by atoms with E-state index in [2.05, 4.69) is 10.3 Å². The third kappa shape index (κ3) is 4.23. The molecule has 1 saturated carbocycles. The summed E-state index contributed by atoms with van der Waals surface area (Å²) in [5.74, 6) is -1.85. The Bertz CT molecular complexity index is 1290. The number of carboxylic acids is 1. The molecule has 8 nitrogen and oxygen atoms in total. The monoisotopic (exact) mass is 481 g/mol. The number of anilines is 1. The summed E-state index contributed by atoms with van der Waals surface area (Å²) in [6.45, 7) is 0. The number of carboxylic acid groups (broad SMARTS) is 1. The number of nitrogens with one attached hydrogen (secondary N) is 1. The zero-order chi connectivity index (χ0) is 23.1. The second kappa shape index (κ2) is 8.60. The highest BCUT2D eigenvalue weighted by Crippen LogP contribution is 2.48. The van der Waals surface area contributed by atoms with Crippen molar-refractivity contribution in [1.82, 2.24) is 4.98 Å². The lowest BCUT2D eigenvalue weighted by molar-refractivity contribution is -0.384. The van der Waals surface area contributed by atoms with Gasteiger partial charge in [-0.2, -0.15) is 0 Å². The summed E-state index contributed by atoms with van der Waals surface area (Å²) < 4.78 is 1.78. The van der Waals surface area contributed by atoms with E-state index in [0.717, 1.165) is 26.5 Å². The standard InChI is InChI=1S/C23H19N3O5S2/c27-21(19-13-3-4-14(9-13)20(19)22(28)29)24-15-5-8-17-18(10-15)33-23(25-17)32-11-12-1-6-16(7-2-12)26(30)31/h1-8,10,13-14,19-20H,9,11H2,(H,24,27)(H,28,29)/t13-,14-,19+,20+/m0/s1. The number of aromatic nitrogens is 1. The number of benzene rings is 2. The number of nitrogens with zero attached hydrogens (tertiary/aromatic N) is 2. The normalized spacial score (nSPS) is 23.2. The molecule has 2 aliphatic rings. The average molecular weight is 482 g/mol. The summed E-state index contributed by atoms with van der Waals surface area (Å²) in [6, 6.07) is 11.9. The zero-order valence-electron chi connectivity index (χ0n) is 17.2. The molecule has 33 heavy (non-hydrogen) atoms. The number of allylic oxidation sites excluding steroid dienone is 2. The Hall–Kier alpha value is -3.24. The van der Waals surface area contributed by atoms with Crippen LogP contribution in [-0.4, -0.2) is 26.9 Å². The lowest BCUT2D eigenvalue weighted by Crippen LogP contribution is -2.36. The fourth-order valence-electron chi connectivity index (χ4n) is 4.64.